The topological polar surface area (TPSA) is 55.9 Å². The fourth-order valence-electron chi connectivity index (χ4n) is 2.07. The molecular weight excluding hydrogens is 244 g/mol. The molecule has 2 rings (SSSR count). The van der Waals surface area contributed by atoms with Crippen LogP contribution in [0, 0.1) is 0 Å². The van der Waals surface area contributed by atoms with Gasteiger partial charge in [-0.3, -0.25) is 16.0 Å². The quantitative estimate of drug-likeness (QED) is 0.621. The lowest BCUT2D eigenvalue weighted by Gasteiger charge is -2.16. The molecule has 0 radical (unpaired) electrons. The van der Waals surface area contributed by atoms with Crippen molar-refractivity contribution in [1.82, 2.24) is 15.2 Å². The Bertz CT molecular complexity index is 475. The number of nitrogens with two attached hydrogens (primary N) is 1. The first kappa shape index (κ1) is 13.3. The lowest BCUT2D eigenvalue weighted by Crippen LogP contribution is -2.31. The monoisotopic (exact) mass is 264 g/mol. The molecule has 2 aromatic rings. The highest BCUT2D eigenvalue weighted by Crippen LogP contribution is 2.21. The van der Waals surface area contributed by atoms with Gasteiger partial charge in [-0.05, 0) is 30.9 Å². The molecule has 98 valence electrons. The Kier molecular flexibility index (Phi) is 4.52. The minimum absolute atomic E-state index is 0.122. The Labute approximate surface area is 112 Å². The first-order valence-corrected chi connectivity index (χ1v) is 7.21. The maximum atomic E-state index is 5.71. The van der Waals surface area contributed by atoms with Gasteiger partial charge >= 0.3 is 0 Å². The van der Waals surface area contributed by atoms with Crippen molar-refractivity contribution >= 4 is 11.3 Å². The van der Waals surface area contributed by atoms with Gasteiger partial charge in [-0.1, -0.05) is 13.0 Å². The summed E-state index contributed by atoms with van der Waals surface area (Å²) in [5, 5.41) is 6.66. The van der Waals surface area contributed by atoms with Crippen LogP contribution in [0.3, 0.4) is 0 Å². The molecule has 2 heterocycles. The molecule has 0 aliphatic rings. The van der Waals surface area contributed by atoms with Gasteiger partial charge in [0, 0.05) is 17.8 Å². The summed E-state index contributed by atoms with van der Waals surface area (Å²) in [4.78, 5) is 1.33. The number of nitrogens with zero attached hydrogens (tertiary/aromatic N) is 2. The van der Waals surface area contributed by atoms with Gasteiger partial charge in [-0.25, -0.2) is 0 Å². The summed E-state index contributed by atoms with van der Waals surface area (Å²) in [5.74, 6) is 5.71. The van der Waals surface area contributed by atoms with Gasteiger partial charge in [0.1, 0.15) is 0 Å². The highest BCUT2D eigenvalue weighted by molar-refractivity contribution is 7.09. The van der Waals surface area contributed by atoms with Crippen LogP contribution in [-0.4, -0.2) is 9.78 Å². The van der Waals surface area contributed by atoms with Gasteiger partial charge in [0.25, 0.3) is 0 Å². The number of hydrogen-bond acceptors (Lipinski definition) is 4. The smallest absolute Gasteiger partial charge is 0.0677 e. The molecule has 0 spiro atoms. The second-order valence-corrected chi connectivity index (χ2v) is 5.26. The first-order chi connectivity index (χ1) is 8.78. The molecule has 0 aliphatic heterocycles. The third kappa shape index (κ3) is 2.80. The van der Waals surface area contributed by atoms with Gasteiger partial charge in [-0.2, -0.15) is 5.10 Å². The summed E-state index contributed by atoms with van der Waals surface area (Å²) in [7, 11) is 0. The molecule has 0 saturated carbocycles. The van der Waals surface area contributed by atoms with Gasteiger partial charge in [0.05, 0.1) is 17.4 Å². The predicted octanol–water partition coefficient (Wildman–Crippen LogP) is 2.27. The Morgan fingerprint density at radius 2 is 2.33 bits per heavy atom. The van der Waals surface area contributed by atoms with E-state index in [9.17, 15) is 0 Å². The first-order valence-electron chi connectivity index (χ1n) is 6.33. The molecule has 18 heavy (non-hydrogen) atoms. The fraction of sp³-hybridized carbons (Fsp3) is 0.462. The Morgan fingerprint density at radius 1 is 1.50 bits per heavy atom. The SMILES string of the molecule is CCc1cc(C(Cc2cccs2)NN)n(CC)n1. The molecule has 0 bridgehead atoms. The third-order valence-electron chi connectivity index (χ3n) is 3.07. The number of aromatic nitrogens is 2. The molecular formula is C13H20N4S. The van der Waals surface area contributed by atoms with E-state index in [1.165, 1.54) is 10.6 Å². The summed E-state index contributed by atoms with van der Waals surface area (Å²) in [6.07, 6.45) is 1.86. The maximum absolute atomic E-state index is 5.71. The Balaban J connectivity index is 2.23. The zero-order valence-electron chi connectivity index (χ0n) is 10.9. The number of rotatable bonds is 6. The van der Waals surface area contributed by atoms with Crippen LogP contribution in [-0.2, 0) is 19.4 Å². The van der Waals surface area contributed by atoms with E-state index < -0.39 is 0 Å². The lowest BCUT2D eigenvalue weighted by atomic mass is 10.1. The molecule has 3 N–H and O–H groups in total. The highest BCUT2D eigenvalue weighted by Gasteiger charge is 2.17. The molecule has 0 fully saturated rings. The second kappa shape index (κ2) is 6.13. The molecule has 4 nitrogen and oxygen atoms in total. The van der Waals surface area contributed by atoms with Crippen LogP contribution in [0.4, 0.5) is 0 Å². The summed E-state index contributed by atoms with van der Waals surface area (Å²) in [6.45, 7) is 5.10. The summed E-state index contributed by atoms with van der Waals surface area (Å²) < 4.78 is 2.04. The van der Waals surface area contributed by atoms with Crippen LogP contribution >= 0.6 is 11.3 Å². The van der Waals surface area contributed by atoms with Gasteiger partial charge in [0.15, 0.2) is 0 Å². The average molecular weight is 264 g/mol. The third-order valence-corrected chi connectivity index (χ3v) is 3.97. The van der Waals surface area contributed by atoms with Crippen molar-refractivity contribution < 1.29 is 0 Å². The molecule has 0 amide bonds. The van der Waals surface area contributed by atoms with E-state index in [1.807, 2.05) is 4.68 Å². The number of nitrogens with one attached hydrogen (secondary N) is 1. The number of thiophene rings is 1. The molecule has 0 aliphatic carbocycles. The highest BCUT2D eigenvalue weighted by atomic mass is 32.1. The zero-order valence-corrected chi connectivity index (χ0v) is 11.7. The number of aryl methyl sites for hydroxylation is 2. The van der Waals surface area contributed by atoms with Crippen molar-refractivity contribution in [3.05, 3.63) is 39.8 Å². The van der Waals surface area contributed by atoms with Crippen LogP contribution in [0.5, 0.6) is 0 Å². The minimum Gasteiger partial charge on any atom is -0.271 e. The van der Waals surface area contributed by atoms with E-state index in [0.29, 0.717) is 0 Å². The van der Waals surface area contributed by atoms with Crippen molar-refractivity contribution in [2.24, 2.45) is 5.84 Å². The van der Waals surface area contributed by atoms with Crippen LogP contribution in [0.2, 0.25) is 0 Å². The molecule has 2 aromatic heterocycles. The van der Waals surface area contributed by atoms with E-state index in [2.05, 4.69) is 48.0 Å². The largest absolute Gasteiger partial charge is 0.271 e. The Hall–Kier alpha value is -1.17. The second-order valence-electron chi connectivity index (χ2n) is 4.23. The fourth-order valence-corrected chi connectivity index (χ4v) is 2.82. The standard InChI is InChI=1S/C13H20N4S/c1-3-10-8-13(17(4-2)16-10)12(15-14)9-11-6-5-7-18-11/h5-8,12,15H,3-4,9,14H2,1-2H3. The number of hydrogen-bond donors (Lipinski definition) is 2. The van der Waals surface area contributed by atoms with Gasteiger partial charge in [-0.15, -0.1) is 11.3 Å². The van der Waals surface area contributed by atoms with Crippen molar-refractivity contribution in [2.75, 3.05) is 0 Å². The molecule has 5 heteroatoms. The van der Waals surface area contributed by atoms with Crippen LogP contribution in [0.1, 0.15) is 36.2 Å². The number of hydrazine groups is 1. The zero-order chi connectivity index (χ0) is 13.0. The lowest BCUT2D eigenvalue weighted by molar-refractivity contribution is 0.492. The normalized spacial score (nSPS) is 12.8. The van der Waals surface area contributed by atoms with E-state index in [4.69, 9.17) is 5.84 Å². The molecule has 1 unspecified atom stereocenters. The van der Waals surface area contributed by atoms with Crippen molar-refractivity contribution in [3.63, 3.8) is 0 Å². The Morgan fingerprint density at radius 3 is 2.89 bits per heavy atom. The summed E-state index contributed by atoms with van der Waals surface area (Å²) in [5.41, 5.74) is 5.21. The van der Waals surface area contributed by atoms with Gasteiger partial charge in [0.2, 0.25) is 0 Å². The van der Waals surface area contributed by atoms with Crippen LogP contribution in [0.25, 0.3) is 0 Å². The van der Waals surface area contributed by atoms with E-state index in [1.54, 1.807) is 11.3 Å². The van der Waals surface area contributed by atoms with Crippen molar-refractivity contribution in [2.45, 2.75) is 39.3 Å². The summed E-state index contributed by atoms with van der Waals surface area (Å²) in [6, 6.07) is 6.49. The molecule has 0 saturated heterocycles. The van der Waals surface area contributed by atoms with Crippen LogP contribution < -0.4 is 11.3 Å². The van der Waals surface area contributed by atoms with E-state index in [-0.39, 0.29) is 6.04 Å². The maximum Gasteiger partial charge on any atom is 0.0677 e. The molecule has 1 atom stereocenters. The van der Waals surface area contributed by atoms with Crippen LogP contribution in [0.15, 0.2) is 23.6 Å². The molecule has 0 aromatic carbocycles. The van der Waals surface area contributed by atoms with Crippen molar-refractivity contribution in [3.8, 4) is 0 Å². The predicted molar refractivity (Wildman–Crippen MR) is 75.4 cm³/mol. The van der Waals surface area contributed by atoms with E-state index in [0.717, 1.165) is 25.1 Å². The summed E-state index contributed by atoms with van der Waals surface area (Å²) >= 11 is 1.76. The van der Waals surface area contributed by atoms with Gasteiger partial charge < -0.3 is 0 Å². The minimum atomic E-state index is 0.122. The van der Waals surface area contributed by atoms with Crippen molar-refractivity contribution in [1.29, 1.82) is 0 Å². The average Bonchev–Trinajstić information content (AvgIpc) is 3.04. The van der Waals surface area contributed by atoms with E-state index >= 15 is 0 Å².